The van der Waals surface area contributed by atoms with Gasteiger partial charge < -0.3 is 0 Å². The standard InChI is InChI=1S/C7H11N3O/c8-5-6-3-1-2-4-10(9)7(6)11/h6H,1-4,9H2. The Hall–Kier alpha value is -1.08. The summed E-state index contributed by atoms with van der Waals surface area (Å²) in [5.74, 6) is 4.63. The maximum absolute atomic E-state index is 11.2. The highest BCUT2D eigenvalue weighted by Gasteiger charge is 2.24. The molecule has 1 heterocycles. The fourth-order valence-corrected chi connectivity index (χ4v) is 1.18. The van der Waals surface area contributed by atoms with Crippen molar-refractivity contribution in [3.63, 3.8) is 0 Å². The Morgan fingerprint density at radius 3 is 3.00 bits per heavy atom. The van der Waals surface area contributed by atoms with Crippen molar-refractivity contribution in [2.75, 3.05) is 6.54 Å². The van der Waals surface area contributed by atoms with E-state index < -0.39 is 5.92 Å². The predicted octanol–water partition coefficient (Wildman–Crippen LogP) is 0.0124. The van der Waals surface area contributed by atoms with Gasteiger partial charge in [0.15, 0.2) is 0 Å². The van der Waals surface area contributed by atoms with Crippen LogP contribution < -0.4 is 5.84 Å². The Labute approximate surface area is 65.5 Å². The minimum atomic E-state index is -0.512. The summed E-state index contributed by atoms with van der Waals surface area (Å²) in [6.07, 6.45) is 2.47. The van der Waals surface area contributed by atoms with Crippen LogP contribution in [0.2, 0.25) is 0 Å². The highest BCUT2D eigenvalue weighted by molar-refractivity contribution is 5.80. The number of hydrogen-bond donors (Lipinski definition) is 1. The van der Waals surface area contributed by atoms with E-state index in [9.17, 15) is 4.79 Å². The van der Waals surface area contributed by atoms with Crippen molar-refractivity contribution >= 4 is 5.91 Å². The van der Waals surface area contributed by atoms with Gasteiger partial charge in [-0.1, -0.05) is 0 Å². The first-order valence-electron chi connectivity index (χ1n) is 3.71. The number of hydrogen-bond acceptors (Lipinski definition) is 3. The van der Waals surface area contributed by atoms with Crippen LogP contribution in [0.5, 0.6) is 0 Å². The molecule has 0 aromatic heterocycles. The van der Waals surface area contributed by atoms with Crippen molar-refractivity contribution < 1.29 is 4.79 Å². The molecule has 4 nitrogen and oxygen atoms in total. The Balaban J connectivity index is 2.66. The average Bonchev–Trinajstić information content (AvgIpc) is 2.16. The van der Waals surface area contributed by atoms with Crippen LogP contribution in [0.15, 0.2) is 0 Å². The van der Waals surface area contributed by atoms with Crippen LogP contribution in [0, 0.1) is 17.2 Å². The lowest BCUT2D eigenvalue weighted by Gasteiger charge is -2.14. The molecule has 1 fully saturated rings. The molecule has 1 unspecified atom stereocenters. The molecular formula is C7H11N3O. The second kappa shape index (κ2) is 3.35. The normalized spacial score (nSPS) is 26.0. The van der Waals surface area contributed by atoms with E-state index in [1.165, 1.54) is 0 Å². The molecule has 1 aliphatic heterocycles. The van der Waals surface area contributed by atoms with Crippen LogP contribution in [-0.4, -0.2) is 17.5 Å². The quantitative estimate of drug-likeness (QED) is 0.393. The molecule has 0 aromatic rings. The summed E-state index contributed by atoms with van der Waals surface area (Å²) < 4.78 is 0. The Morgan fingerprint density at radius 2 is 2.36 bits per heavy atom. The van der Waals surface area contributed by atoms with E-state index in [1.54, 1.807) is 0 Å². The minimum Gasteiger partial charge on any atom is -0.280 e. The summed E-state index contributed by atoms with van der Waals surface area (Å²) in [5, 5.41) is 9.70. The molecule has 1 amide bonds. The molecule has 0 radical (unpaired) electrons. The van der Waals surface area contributed by atoms with E-state index >= 15 is 0 Å². The topological polar surface area (TPSA) is 70.1 Å². The van der Waals surface area contributed by atoms with E-state index in [-0.39, 0.29) is 5.91 Å². The zero-order valence-electron chi connectivity index (χ0n) is 6.29. The fourth-order valence-electron chi connectivity index (χ4n) is 1.18. The van der Waals surface area contributed by atoms with Gasteiger partial charge in [0.1, 0.15) is 5.92 Å². The summed E-state index contributed by atoms with van der Waals surface area (Å²) in [6, 6.07) is 1.95. The van der Waals surface area contributed by atoms with Gasteiger partial charge in [-0.2, -0.15) is 5.26 Å². The first-order valence-corrected chi connectivity index (χ1v) is 3.71. The van der Waals surface area contributed by atoms with Gasteiger partial charge >= 0.3 is 0 Å². The monoisotopic (exact) mass is 153 g/mol. The van der Waals surface area contributed by atoms with Crippen LogP contribution in [-0.2, 0) is 4.79 Å². The third kappa shape index (κ3) is 1.69. The fraction of sp³-hybridized carbons (Fsp3) is 0.714. The van der Waals surface area contributed by atoms with Crippen molar-refractivity contribution in [1.82, 2.24) is 5.01 Å². The molecule has 1 rings (SSSR count). The SMILES string of the molecule is N#CC1CCCCN(N)C1=O. The van der Waals surface area contributed by atoms with Gasteiger partial charge in [0, 0.05) is 6.54 Å². The number of rotatable bonds is 0. The minimum absolute atomic E-state index is 0.231. The lowest BCUT2D eigenvalue weighted by atomic mass is 10.1. The van der Waals surface area contributed by atoms with Gasteiger partial charge in [-0.15, -0.1) is 0 Å². The number of hydrazine groups is 1. The molecule has 2 N–H and O–H groups in total. The Bertz CT molecular complexity index is 196. The summed E-state index contributed by atoms with van der Waals surface area (Å²) in [6.45, 7) is 0.580. The summed E-state index contributed by atoms with van der Waals surface area (Å²) in [5.41, 5.74) is 0. The van der Waals surface area contributed by atoms with Gasteiger partial charge in [0.05, 0.1) is 6.07 Å². The maximum Gasteiger partial charge on any atom is 0.253 e. The van der Waals surface area contributed by atoms with Crippen molar-refractivity contribution in [3.05, 3.63) is 0 Å². The number of amides is 1. The van der Waals surface area contributed by atoms with Crippen LogP contribution >= 0.6 is 0 Å². The number of carbonyl (C=O) groups excluding carboxylic acids is 1. The second-order valence-corrected chi connectivity index (χ2v) is 2.71. The van der Waals surface area contributed by atoms with E-state index in [0.29, 0.717) is 13.0 Å². The number of nitriles is 1. The molecular weight excluding hydrogens is 142 g/mol. The largest absolute Gasteiger partial charge is 0.280 e. The maximum atomic E-state index is 11.2. The molecule has 1 aliphatic rings. The predicted molar refractivity (Wildman–Crippen MR) is 38.9 cm³/mol. The van der Waals surface area contributed by atoms with Gasteiger partial charge in [-0.05, 0) is 19.3 Å². The van der Waals surface area contributed by atoms with E-state index in [2.05, 4.69) is 0 Å². The highest BCUT2D eigenvalue weighted by Crippen LogP contribution is 2.14. The van der Waals surface area contributed by atoms with E-state index in [4.69, 9.17) is 11.1 Å². The summed E-state index contributed by atoms with van der Waals surface area (Å²) >= 11 is 0. The summed E-state index contributed by atoms with van der Waals surface area (Å²) in [4.78, 5) is 11.2. The van der Waals surface area contributed by atoms with Crippen LogP contribution in [0.4, 0.5) is 0 Å². The van der Waals surface area contributed by atoms with Crippen molar-refractivity contribution in [1.29, 1.82) is 5.26 Å². The molecule has 11 heavy (non-hydrogen) atoms. The second-order valence-electron chi connectivity index (χ2n) is 2.71. The summed E-state index contributed by atoms with van der Waals surface area (Å²) in [7, 11) is 0. The van der Waals surface area contributed by atoms with Gasteiger partial charge in [0.2, 0.25) is 0 Å². The Morgan fingerprint density at radius 1 is 1.64 bits per heavy atom. The number of carbonyl (C=O) groups is 1. The van der Waals surface area contributed by atoms with E-state index in [1.807, 2.05) is 6.07 Å². The molecule has 0 aromatic carbocycles. The number of nitrogens with zero attached hydrogens (tertiary/aromatic N) is 2. The third-order valence-corrected chi connectivity index (χ3v) is 1.88. The first-order chi connectivity index (χ1) is 5.25. The van der Waals surface area contributed by atoms with Gasteiger partial charge in [-0.25, -0.2) is 5.84 Å². The number of nitrogens with two attached hydrogens (primary N) is 1. The zero-order chi connectivity index (χ0) is 8.27. The van der Waals surface area contributed by atoms with E-state index in [0.717, 1.165) is 17.9 Å². The first kappa shape index (κ1) is 8.02. The Kier molecular flexibility index (Phi) is 2.44. The molecule has 60 valence electrons. The van der Waals surface area contributed by atoms with Crippen LogP contribution in [0.3, 0.4) is 0 Å². The molecule has 1 atom stereocenters. The van der Waals surface area contributed by atoms with Crippen LogP contribution in [0.25, 0.3) is 0 Å². The van der Waals surface area contributed by atoms with Crippen LogP contribution in [0.1, 0.15) is 19.3 Å². The van der Waals surface area contributed by atoms with Gasteiger partial charge in [0.25, 0.3) is 5.91 Å². The molecule has 0 aliphatic carbocycles. The molecule has 0 bridgehead atoms. The molecule has 1 saturated heterocycles. The smallest absolute Gasteiger partial charge is 0.253 e. The van der Waals surface area contributed by atoms with Crippen molar-refractivity contribution in [3.8, 4) is 6.07 Å². The average molecular weight is 153 g/mol. The zero-order valence-corrected chi connectivity index (χ0v) is 6.29. The lowest BCUT2D eigenvalue weighted by molar-refractivity contribution is -0.133. The molecule has 4 heteroatoms. The van der Waals surface area contributed by atoms with Gasteiger partial charge in [-0.3, -0.25) is 9.80 Å². The lowest BCUT2D eigenvalue weighted by Crippen LogP contribution is -2.40. The third-order valence-electron chi connectivity index (χ3n) is 1.88. The van der Waals surface area contributed by atoms with Crippen molar-refractivity contribution in [2.45, 2.75) is 19.3 Å². The molecule has 0 spiro atoms. The highest BCUT2D eigenvalue weighted by atomic mass is 16.2. The van der Waals surface area contributed by atoms with Crippen molar-refractivity contribution in [2.24, 2.45) is 11.8 Å². The molecule has 0 saturated carbocycles.